The maximum absolute atomic E-state index is 2.58. The van der Waals surface area contributed by atoms with Crippen LogP contribution in [0.2, 0.25) is 0 Å². The van der Waals surface area contributed by atoms with E-state index in [-0.39, 0.29) is 10.8 Å². The van der Waals surface area contributed by atoms with Gasteiger partial charge in [-0.1, -0.05) is 131 Å². The Hall–Kier alpha value is -5.60. The predicted molar refractivity (Wildman–Crippen MR) is 228 cm³/mol. The first-order chi connectivity index (χ1) is 26.3. The number of benzene rings is 5. The Balaban J connectivity index is 1.08. The van der Waals surface area contributed by atoms with Crippen LogP contribution in [-0.2, 0) is 10.8 Å². The number of fused-ring (bicyclic) bond motifs is 9. The summed E-state index contributed by atoms with van der Waals surface area (Å²) in [6.45, 7) is 9.76. The van der Waals surface area contributed by atoms with Crippen LogP contribution in [0.4, 0.5) is 17.1 Å². The van der Waals surface area contributed by atoms with Gasteiger partial charge in [0.15, 0.2) is 0 Å². The molecule has 0 radical (unpaired) electrons. The fraction of sp³-hybridized carbons (Fsp3) is 0.231. The third kappa shape index (κ3) is 4.99. The van der Waals surface area contributed by atoms with Crippen LogP contribution in [0.15, 0.2) is 175 Å². The molecule has 2 heteroatoms. The predicted octanol–water partition coefficient (Wildman–Crippen LogP) is 13.7. The first kappa shape index (κ1) is 33.0. The van der Waals surface area contributed by atoms with E-state index in [0.29, 0.717) is 11.8 Å². The summed E-state index contributed by atoms with van der Waals surface area (Å²) in [5, 5.41) is 2.79. The molecule has 5 aromatic rings. The van der Waals surface area contributed by atoms with Gasteiger partial charge in [-0.25, -0.2) is 0 Å². The number of allylic oxidation sites excluding steroid dienone is 9. The summed E-state index contributed by atoms with van der Waals surface area (Å²) in [5.74, 6) is 0.672. The molecule has 0 heterocycles. The van der Waals surface area contributed by atoms with Gasteiger partial charge in [0.25, 0.3) is 0 Å². The highest BCUT2D eigenvalue weighted by atomic mass is 15.2. The van der Waals surface area contributed by atoms with Gasteiger partial charge in [0.05, 0.1) is 0 Å². The van der Waals surface area contributed by atoms with E-state index in [1.165, 1.54) is 78.3 Å². The van der Waals surface area contributed by atoms with Crippen molar-refractivity contribution in [3.8, 4) is 11.1 Å². The van der Waals surface area contributed by atoms with Gasteiger partial charge in [-0.3, -0.25) is 0 Å². The van der Waals surface area contributed by atoms with Gasteiger partial charge in [0.1, 0.15) is 0 Å². The van der Waals surface area contributed by atoms with E-state index in [0.717, 1.165) is 25.7 Å². The van der Waals surface area contributed by atoms with Gasteiger partial charge >= 0.3 is 0 Å². The van der Waals surface area contributed by atoms with Crippen molar-refractivity contribution in [2.45, 2.75) is 70.1 Å². The average molecular weight is 701 g/mol. The quantitative estimate of drug-likeness (QED) is 0.174. The number of hydrogen-bond acceptors (Lipinski definition) is 2. The summed E-state index contributed by atoms with van der Waals surface area (Å²) in [6.07, 6.45) is 25.8. The molecule has 0 N–H and O–H groups in total. The van der Waals surface area contributed by atoms with Crippen LogP contribution in [0.1, 0.15) is 81.5 Å². The molecule has 5 aliphatic carbocycles. The number of anilines is 3. The Morgan fingerprint density at radius 3 is 1.83 bits per heavy atom. The van der Waals surface area contributed by atoms with Gasteiger partial charge in [-0.05, 0) is 136 Å². The lowest BCUT2D eigenvalue weighted by Crippen LogP contribution is -2.29. The van der Waals surface area contributed by atoms with Gasteiger partial charge < -0.3 is 9.80 Å². The van der Waals surface area contributed by atoms with Crippen LogP contribution in [0.25, 0.3) is 21.9 Å². The van der Waals surface area contributed by atoms with Crippen molar-refractivity contribution >= 4 is 27.8 Å². The second-order valence-electron chi connectivity index (χ2n) is 16.7. The molecule has 0 spiro atoms. The van der Waals surface area contributed by atoms with Gasteiger partial charge in [-0.15, -0.1) is 0 Å². The fourth-order valence-corrected chi connectivity index (χ4v) is 10.2. The zero-order valence-corrected chi connectivity index (χ0v) is 31.9. The molecule has 266 valence electrons. The molecule has 54 heavy (non-hydrogen) atoms. The molecule has 0 aromatic heterocycles. The molecule has 0 aliphatic heterocycles. The number of nitrogens with zero attached hydrogens (tertiary/aromatic N) is 2. The smallest absolute Gasteiger partial charge is 0.0464 e. The van der Waals surface area contributed by atoms with Crippen LogP contribution < -0.4 is 9.80 Å². The summed E-state index contributed by atoms with van der Waals surface area (Å²) in [5.41, 5.74) is 15.8. The third-order valence-corrected chi connectivity index (χ3v) is 12.9. The normalized spacial score (nSPS) is 21.1. The second kappa shape index (κ2) is 12.5. The van der Waals surface area contributed by atoms with Crippen molar-refractivity contribution in [1.82, 2.24) is 0 Å². The highest BCUT2D eigenvalue weighted by Gasteiger charge is 2.47. The fourth-order valence-electron chi connectivity index (χ4n) is 10.2. The molecule has 2 atom stereocenters. The van der Waals surface area contributed by atoms with Crippen molar-refractivity contribution < 1.29 is 0 Å². The zero-order valence-electron chi connectivity index (χ0n) is 31.9. The van der Waals surface area contributed by atoms with Gasteiger partial charge in [0, 0.05) is 45.5 Å². The largest absolute Gasteiger partial charge is 0.311 e. The topological polar surface area (TPSA) is 6.48 Å². The Morgan fingerprint density at radius 2 is 1.17 bits per heavy atom. The van der Waals surface area contributed by atoms with Crippen molar-refractivity contribution in [1.29, 1.82) is 0 Å². The molecule has 0 fully saturated rings. The van der Waals surface area contributed by atoms with E-state index in [2.05, 4.69) is 195 Å². The lowest BCUT2D eigenvalue weighted by Gasteiger charge is -2.35. The second-order valence-corrected chi connectivity index (χ2v) is 16.7. The van der Waals surface area contributed by atoms with Gasteiger partial charge in [0.2, 0.25) is 0 Å². The third-order valence-electron chi connectivity index (χ3n) is 12.9. The van der Waals surface area contributed by atoms with Crippen molar-refractivity contribution in [2.75, 3.05) is 9.80 Å². The minimum atomic E-state index is -0.125. The first-order valence-electron chi connectivity index (χ1n) is 19.9. The summed E-state index contributed by atoms with van der Waals surface area (Å²) in [6, 6.07) is 38.7. The maximum atomic E-state index is 2.58. The van der Waals surface area contributed by atoms with E-state index < -0.39 is 0 Å². The molecule has 10 rings (SSSR count). The molecule has 0 saturated carbocycles. The lowest BCUT2D eigenvalue weighted by molar-refractivity contribution is 0.392. The standard InChI is InChI=1S/C52H48N2/c1-51(2)45-31-29-42-41(49(45)43-27-25-39(33-47(43)51)53(35-17-9-5-10-18-35)36-19-11-6-12-20-36)30-32-46-50(42)44-28-26-40(34-48(44)52(46,3)4)54(37-21-13-7-14-22-37)38-23-15-8-16-24-38/h5,7,9-11,13-15,17-34,43,47H,6,8,12,16H2,1-4H3. The van der Waals surface area contributed by atoms with E-state index in [1.807, 2.05) is 0 Å². The average Bonchev–Trinajstić information content (AvgIpc) is 3.59. The first-order valence-corrected chi connectivity index (χ1v) is 19.9. The van der Waals surface area contributed by atoms with Crippen LogP contribution in [0.5, 0.6) is 0 Å². The monoisotopic (exact) mass is 700 g/mol. The molecule has 0 bridgehead atoms. The highest BCUT2D eigenvalue weighted by molar-refractivity contribution is 6.05. The summed E-state index contributed by atoms with van der Waals surface area (Å²) in [4.78, 5) is 4.89. The highest BCUT2D eigenvalue weighted by Crippen LogP contribution is 2.59. The molecule has 0 saturated heterocycles. The van der Waals surface area contributed by atoms with Gasteiger partial charge in [-0.2, -0.15) is 0 Å². The van der Waals surface area contributed by atoms with Crippen LogP contribution in [0.3, 0.4) is 0 Å². The summed E-state index contributed by atoms with van der Waals surface area (Å²) in [7, 11) is 0. The minimum Gasteiger partial charge on any atom is -0.311 e. The molecular weight excluding hydrogens is 653 g/mol. The number of hydrogen-bond donors (Lipinski definition) is 0. The molecular formula is C52H48N2. The molecule has 0 amide bonds. The molecule has 2 nitrogen and oxygen atoms in total. The number of rotatable bonds is 6. The van der Waals surface area contributed by atoms with E-state index in [4.69, 9.17) is 0 Å². The lowest BCUT2D eigenvalue weighted by atomic mass is 9.74. The van der Waals surface area contributed by atoms with Crippen LogP contribution >= 0.6 is 0 Å². The van der Waals surface area contributed by atoms with Crippen LogP contribution in [0, 0.1) is 5.92 Å². The Morgan fingerprint density at radius 1 is 0.537 bits per heavy atom. The van der Waals surface area contributed by atoms with Crippen molar-refractivity contribution in [3.63, 3.8) is 0 Å². The van der Waals surface area contributed by atoms with Crippen molar-refractivity contribution in [3.05, 3.63) is 197 Å². The van der Waals surface area contributed by atoms with E-state index in [9.17, 15) is 0 Å². The molecule has 5 aromatic carbocycles. The maximum Gasteiger partial charge on any atom is 0.0464 e. The van der Waals surface area contributed by atoms with E-state index in [1.54, 1.807) is 0 Å². The molecule has 5 aliphatic rings. The Kier molecular flexibility index (Phi) is 7.63. The Labute approximate surface area is 320 Å². The minimum absolute atomic E-state index is 0.0163. The van der Waals surface area contributed by atoms with Crippen LogP contribution in [-0.4, -0.2) is 0 Å². The zero-order chi connectivity index (χ0) is 36.6. The summed E-state index contributed by atoms with van der Waals surface area (Å²) >= 11 is 0. The van der Waals surface area contributed by atoms with Crippen molar-refractivity contribution in [2.24, 2.45) is 5.92 Å². The Bertz CT molecular complexity index is 2500. The molecule has 2 unspecified atom stereocenters. The number of para-hydroxylation sites is 2. The van der Waals surface area contributed by atoms with E-state index >= 15 is 0 Å². The SMILES string of the molecule is CC1(C)c2cc(N(C3=CCCC=C3)c3ccccc3)ccc2-c2c1ccc1c3c(ccc21)C(C)(C)C1C=C(N(C2=CCCC=C2)c2ccccc2)C=CC31. The summed E-state index contributed by atoms with van der Waals surface area (Å²) < 4.78 is 0.